The Morgan fingerprint density at radius 2 is 1.43 bits per heavy atom. The van der Waals surface area contributed by atoms with Gasteiger partial charge < -0.3 is 10.2 Å². The molecule has 0 radical (unpaired) electrons. The minimum absolute atomic E-state index is 0.157. The first kappa shape index (κ1) is 21.7. The topological polar surface area (TPSA) is 118 Å². The number of nitro benzene ring substituents is 1. The first-order valence-corrected chi connectivity index (χ1v) is 9.94. The molecule has 2 aliphatic rings. The fraction of sp³-hybridized carbons (Fsp3) is 0.478. The molecule has 0 bridgehead atoms. The molecule has 1 unspecified atom stereocenters. The number of carbonyl (C=O) groups is 2. The summed E-state index contributed by atoms with van der Waals surface area (Å²) in [6.45, 7) is 7.30. The van der Waals surface area contributed by atoms with Gasteiger partial charge in [0.1, 0.15) is 11.6 Å². The molecule has 0 saturated carbocycles. The fourth-order valence-corrected chi connectivity index (χ4v) is 4.72. The summed E-state index contributed by atoms with van der Waals surface area (Å²) in [5.41, 5.74) is -0.903. The quantitative estimate of drug-likeness (QED) is 0.541. The number of aliphatic hydroxyl groups excluding tert-OH is 2. The van der Waals surface area contributed by atoms with Crippen LogP contribution in [0, 0.1) is 32.8 Å². The van der Waals surface area contributed by atoms with Crippen LogP contribution < -0.4 is 0 Å². The van der Waals surface area contributed by atoms with Crippen LogP contribution in [0.2, 0.25) is 0 Å². The van der Waals surface area contributed by atoms with Crippen molar-refractivity contribution < 1.29 is 24.7 Å². The van der Waals surface area contributed by atoms with Crippen LogP contribution in [-0.2, 0) is 9.59 Å². The van der Waals surface area contributed by atoms with Gasteiger partial charge in [-0.1, -0.05) is 39.8 Å². The molecule has 2 N–H and O–H groups in total. The van der Waals surface area contributed by atoms with E-state index in [0.29, 0.717) is 5.56 Å². The Hall–Kier alpha value is -2.96. The SMILES string of the molecule is CC1(C)C=C(O)[C@H](C(c2cccc([N+](=O)[O-])c2)[C@H]2C(=O)CC(C)(C)C=C2O)C(=O)C1. The molecule has 0 aromatic heterocycles. The van der Waals surface area contributed by atoms with Gasteiger partial charge in [-0.15, -0.1) is 0 Å². The molecule has 2 aliphatic carbocycles. The third kappa shape index (κ3) is 4.15. The van der Waals surface area contributed by atoms with Gasteiger partial charge in [-0.2, -0.15) is 0 Å². The standard InChI is InChI=1S/C23H27NO6/c1-22(2)9-15(25)20(16(26)10-22)19(13-6-5-7-14(8-13)24(29)30)21-17(27)11-23(3,4)12-18(21)28/h5-9,11,19-21,25,27H,10,12H2,1-4H3/t19?,20-,21+. The van der Waals surface area contributed by atoms with E-state index < -0.39 is 33.5 Å². The summed E-state index contributed by atoms with van der Waals surface area (Å²) < 4.78 is 0. The highest BCUT2D eigenvalue weighted by atomic mass is 16.6. The average Bonchev–Trinajstić information content (AvgIpc) is 2.57. The molecule has 0 heterocycles. The summed E-state index contributed by atoms with van der Waals surface area (Å²) in [7, 11) is 0. The summed E-state index contributed by atoms with van der Waals surface area (Å²) in [4.78, 5) is 36.9. The van der Waals surface area contributed by atoms with Crippen LogP contribution in [0.15, 0.2) is 47.9 Å². The number of ketones is 2. The Kier molecular flexibility index (Phi) is 5.35. The van der Waals surface area contributed by atoms with Gasteiger partial charge in [0.05, 0.1) is 28.3 Å². The minimum atomic E-state index is -1.06. The third-order valence-corrected chi connectivity index (χ3v) is 5.85. The number of nitro groups is 1. The van der Waals surface area contributed by atoms with Crippen molar-refractivity contribution in [3.8, 4) is 0 Å². The number of allylic oxidation sites excluding steroid dienone is 4. The molecule has 1 aromatic carbocycles. The van der Waals surface area contributed by atoms with E-state index in [4.69, 9.17) is 0 Å². The van der Waals surface area contributed by atoms with Crippen molar-refractivity contribution in [2.24, 2.45) is 22.7 Å². The third-order valence-electron chi connectivity index (χ3n) is 5.85. The number of hydrogen-bond donors (Lipinski definition) is 2. The predicted molar refractivity (Wildman–Crippen MR) is 111 cm³/mol. The van der Waals surface area contributed by atoms with Crippen molar-refractivity contribution in [2.75, 3.05) is 0 Å². The lowest BCUT2D eigenvalue weighted by molar-refractivity contribution is -0.384. The molecule has 3 atom stereocenters. The van der Waals surface area contributed by atoms with Gasteiger partial charge in [-0.3, -0.25) is 19.7 Å². The first-order valence-electron chi connectivity index (χ1n) is 9.94. The summed E-state index contributed by atoms with van der Waals surface area (Å²) >= 11 is 0. The highest BCUT2D eigenvalue weighted by Gasteiger charge is 2.48. The lowest BCUT2D eigenvalue weighted by Crippen LogP contribution is -2.41. The van der Waals surface area contributed by atoms with Crippen LogP contribution in [0.25, 0.3) is 0 Å². The molecule has 0 saturated heterocycles. The van der Waals surface area contributed by atoms with Gasteiger partial charge in [-0.05, 0) is 28.5 Å². The molecule has 160 valence electrons. The zero-order chi connectivity index (χ0) is 22.4. The van der Waals surface area contributed by atoms with Crippen molar-refractivity contribution in [2.45, 2.75) is 46.5 Å². The number of carbonyl (C=O) groups excluding carboxylic acids is 2. The minimum Gasteiger partial charge on any atom is -0.512 e. The van der Waals surface area contributed by atoms with Gasteiger partial charge in [0.2, 0.25) is 0 Å². The molecule has 0 amide bonds. The van der Waals surface area contributed by atoms with Crippen LogP contribution >= 0.6 is 0 Å². The van der Waals surface area contributed by atoms with E-state index >= 15 is 0 Å². The molecule has 1 aromatic rings. The molecule has 0 aliphatic heterocycles. The van der Waals surface area contributed by atoms with Crippen molar-refractivity contribution in [3.63, 3.8) is 0 Å². The molecular weight excluding hydrogens is 386 g/mol. The average molecular weight is 413 g/mol. The van der Waals surface area contributed by atoms with Gasteiger partial charge in [-0.25, -0.2) is 0 Å². The van der Waals surface area contributed by atoms with E-state index in [9.17, 15) is 29.9 Å². The highest BCUT2D eigenvalue weighted by Crippen LogP contribution is 2.48. The van der Waals surface area contributed by atoms with Gasteiger partial charge in [0.15, 0.2) is 0 Å². The second-order valence-corrected chi connectivity index (χ2v) is 9.73. The zero-order valence-electron chi connectivity index (χ0n) is 17.6. The Morgan fingerprint density at radius 3 is 1.83 bits per heavy atom. The number of hydrogen-bond acceptors (Lipinski definition) is 6. The molecule has 7 nitrogen and oxygen atoms in total. The van der Waals surface area contributed by atoms with E-state index in [1.165, 1.54) is 18.2 Å². The van der Waals surface area contributed by atoms with E-state index in [1.807, 2.05) is 27.7 Å². The number of benzene rings is 1. The Balaban J connectivity index is 2.21. The normalized spacial score (nSPS) is 26.5. The summed E-state index contributed by atoms with van der Waals surface area (Å²) in [5.74, 6) is -3.93. The van der Waals surface area contributed by atoms with Gasteiger partial charge in [0, 0.05) is 30.9 Å². The number of Topliss-reactive ketones (excluding diaryl/α,β-unsaturated/α-hetero) is 2. The van der Waals surface area contributed by atoms with Crippen LogP contribution in [0.4, 0.5) is 5.69 Å². The molecule has 30 heavy (non-hydrogen) atoms. The number of rotatable bonds is 4. The van der Waals surface area contributed by atoms with E-state index in [1.54, 1.807) is 18.2 Å². The Bertz CT molecular complexity index is 922. The smallest absolute Gasteiger partial charge is 0.269 e. The van der Waals surface area contributed by atoms with Gasteiger partial charge in [0.25, 0.3) is 5.69 Å². The zero-order valence-corrected chi connectivity index (χ0v) is 17.6. The fourth-order valence-electron chi connectivity index (χ4n) is 4.72. The van der Waals surface area contributed by atoms with Crippen molar-refractivity contribution >= 4 is 17.3 Å². The molecule has 7 heteroatoms. The van der Waals surface area contributed by atoms with Crippen LogP contribution in [0.1, 0.15) is 52.0 Å². The lowest BCUT2D eigenvalue weighted by atomic mass is 9.63. The first-order chi connectivity index (χ1) is 13.8. The maximum Gasteiger partial charge on any atom is 0.269 e. The summed E-state index contributed by atoms with van der Waals surface area (Å²) in [5, 5.41) is 32.9. The molecular formula is C23H27NO6. The highest BCUT2D eigenvalue weighted by molar-refractivity contribution is 5.91. The van der Waals surface area contributed by atoms with Crippen molar-refractivity contribution in [1.29, 1.82) is 0 Å². The summed E-state index contributed by atoms with van der Waals surface area (Å²) in [6.07, 6.45) is 3.51. The number of non-ortho nitro benzene ring substituents is 1. The largest absolute Gasteiger partial charge is 0.512 e. The second kappa shape index (κ2) is 7.38. The maximum atomic E-state index is 13.1. The summed E-state index contributed by atoms with van der Waals surface area (Å²) in [6, 6.07) is 5.71. The number of aliphatic hydroxyl groups is 2. The predicted octanol–water partition coefficient (Wildman–Crippen LogP) is 4.79. The van der Waals surface area contributed by atoms with Crippen molar-refractivity contribution in [3.05, 3.63) is 63.6 Å². The molecule has 0 spiro atoms. The van der Waals surface area contributed by atoms with Crippen LogP contribution in [0.5, 0.6) is 0 Å². The lowest BCUT2D eigenvalue weighted by Gasteiger charge is -2.39. The van der Waals surface area contributed by atoms with E-state index in [2.05, 4.69) is 0 Å². The van der Waals surface area contributed by atoms with Gasteiger partial charge >= 0.3 is 0 Å². The van der Waals surface area contributed by atoms with E-state index in [-0.39, 0.29) is 41.6 Å². The number of nitrogens with zero attached hydrogens (tertiary/aromatic N) is 1. The monoisotopic (exact) mass is 413 g/mol. The molecule has 0 fully saturated rings. The van der Waals surface area contributed by atoms with Crippen LogP contribution in [0.3, 0.4) is 0 Å². The van der Waals surface area contributed by atoms with E-state index in [0.717, 1.165) is 0 Å². The second-order valence-electron chi connectivity index (χ2n) is 9.73. The Morgan fingerprint density at radius 1 is 0.967 bits per heavy atom. The van der Waals surface area contributed by atoms with Crippen LogP contribution in [-0.4, -0.2) is 26.7 Å². The van der Waals surface area contributed by atoms with Crippen molar-refractivity contribution in [1.82, 2.24) is 0 Å². The Labute approximate surface area is 175 Å². The maximum absolute atomic E-state index is 13.1. The molecule has 3 rings (SSSR count).